The van der Waals surface area contributed by atoms with Crippen molar-refractivity contribution in [1.82, 2.24) is 10.6 Å². The Morgan fingerprint density at radius 3 is 2.53 bits per heavy atom. The molecule has 1 amide bonds. The van der Waals surface area contributed by atoms with Crippen LogP contribution in [0.5, 0.6) is 0 Å². The monoisotopic (exact) mass is 268 g/mol. The SMILES string of the molecule is COCC1(C(=O)NC2CCC(C)(C)CC2)CCNC1. The van der Waals surface area contributed by atoms with Gasteiger partial charge in [-0.15, -0.1) is 0 Å². The minimum atomic E-state index is -0.346. The zero-order valence-electron chi connectivity index (χ0n) is 12.6. The van der Waals surface area contributed by atoms with Crippen molar-refractivity contribution in [2.45, 2.75) is 52.0 Å². The van der Waals surface area contributed by atoms with Crippen LogP contribution in [0.4, 0.5) is 0 Å². The van der Waals surface area contributed by atoms with Crippen LogP contribution in [0.25, 0.3) is 0 Å². The van der Waals surface area contributed by atoms with Crippen LogP contribution in [0.1, 0.15) is 46.0 Å². The summed E-state index contributed by atoms with van der Waals surface area (Å²) in [6.45, 7) is 6.81. The van der Waals surface area contributed by atoms with E-state index in [2.05, 4.69) is 24.5 Å². The molecule has 1 saturated carbocycles. The second-order valence-corrected chi connectivity index (χ2v) is 7.05. The maximum Gasteiger partial charge on any atom is 0.230 e. The molecule has 1 unspecified atom stereocenters. The first kappa shape index (κ1) is 14.8. The molecule has 2 aliphatic rings. The fraction of sp³-hybridized carbons (Fsp3) is 0.933. The fourth-order valence-corrected chi connectivity index (χ4v) is 3.28. The molecule has 1 aliphatic carbocycles. The van der Waals surface area contributed by atoms with E-state index in [9.17, 15) is 4.79 Å². The molecular weight excluding hydrogens is 240 g/mol. The number of ether oxygens (including phenoxy) is 1. The molecule has 110 valence electrons. The molecule has 4 heteroatoms. The molecule has 0 radical (unpaired) electrons. The Bertz CT molecular complexity index is 312. The van der Waals surface area contributed by atoms with Crippen molar-refractivity contribution in [2.75, 3.05) is 26.8 Å². The molecule has 1 atom stereocenters. The summed E-state index contributed by atoms with van der Waals surface area (Å²) in [4.78, 5) is 12.6. The van der Waals surface area contributed by atoms with Crippen LogP contribution in [-0.4, -0.2) is 38.8 Å². The highest BCUT2D eigenvalue weighted by atomic mass is 16.5. The Kier molecular flexibility index (Phi) is 4.51. The molecule has 2 fully saturated rings. The van der Waals surface area contributed by atoms with Gasteiger partial charge in [-0.2, -0.15) is 0 Å². The Morgan fingerprint density at radius 1 is 1.32 bits per heavy atom. The number of amides is 1. The van der Waals surface area contributed by atoms with E-state index in [0.717, 1.165) is 32.4 Å². The first-order valence-corrected chi connectivity index (χ1v) is 7.48. The van der Waals surface area contributed by atoms with E-state index in [0.29, 0.717) is 18.1 Å². The Balaban J connectivity index is 1.89. The summed E-state index contributed by atoms with van der Waals surface area (Å²) >= 11 is 0. The Morgan fingerprint density at radius 2 is 2.00 bits per heavy atom. The zero-order valence-corrected chi connectivity index (χ0v) is 12.6. The van der Waals surface area contributed by atoms with Crippen LogP contribution in [-0.2, 0) is 9.53 Å². The molecule has 0 bridgehead atoms. The van der Waals surface area contributed by atoms with Crippen LogP contribution in [0.3, 0.4) is 0 Å². The highest BCUT2D eigenvalue weighted by Gasteiger charge is 2.42. The molecule has 1 heterocycles. The van der Waals surface area contributed by atoms with Crippen LogP contribution in [0.2, 0.25) is 0 Å². The number of carbonyl (C=O) groups excluding carboxylic acids is 1. The largest absolute Gasteiger partial charge is 0.384 e. The van der Waals surface area contributed by atoms with Crippen molar-refractivity contribution >= 4 is 5.91 Å². The Hall–Kier alpha value is -0.610. The average Bonchev–Trinajstić information content (AvgIpc) is 2.82. The predicted octanol–water partition coefficient (Wildman–Crippen LogP) is 1.70. The van der Waals surface area contributed by atoms with Crippen molar-refractivity contribution in [3.05, 3.63) is 0 Å². The van der Waals surface area contributed by atoms with Gasteiger partial charge >= 0.3 is 0 Å². The lowest BCUT2D eigenvalue weighted by atomic mass is 9.75. The molecule has 4 nitrogen and oxygen atoms in total. The van der Waals surface area contributed by atoms with E-state index in [1.807, 2.05) is 0 Å². The van der Waals surface area contributed by atoms with Crippen molar-refractivity contribution in [3.8, 4) is 0 Å². The van der Waals surface area contributed by atoms with E-state index < -0.39 is 0 Å². The molecule has 19 heavy (non-hydrogen) atoms. The smallest absolute Gasteiger partial charge is 0.230 e. The molecule has 2 N–H and O–H groups in total. The second kappa shape index (κ2) is 5.80. The summed E-state index contributed by atoms with van der Waals surface area (Å²) in [5.41, 5.74) is 0.0993. The molecule has 0 aromatic carbocycles. The standard InChI is InChI=1S/C15H28N2O2/c1-14(2)6-4-12(5-7-14)17-13(18)15(11-19-3)8-9-16-10-15/h12,16H,4-11H2,1-3H3,(H,17,18). The van der Waals surface area contributed by atoms with E-state index in [4.69, 9.17) is 4.74 Å². The van der Waals surface area contributed by atoms with Crippen LogP contribution >= 0.6 is 0 Å². The van der Waals surface area contributed by atoms with Crippen molar-refractivity contribution in [2.24, 2.45) is 10.8 Å². The van der Waals surface area contributed by atoms with Gasteiger partial charge in [-0.3, -0.25) is 4.79 Å². The molecule has 1 saturated heterocycles. The molecular formula is C15H28N2O2. The number of methoxy groups -OCH3 is 1. The lowest BCUT2D eigenvalue weighted by molar-refractivity contribution is -0.134. The lowest BCUT2D eigenvalue weighted by Crippen LogP contribution is -2.50. The fourth-order valence-electron chi connectivity index (χ4n) is 3.28. The van der Waals surface area contributed by atoms with Gasteiger partial charge in [0.25, 0.3) is 0 Å². The number of nitrogens with one attached hydrogen (secondary N) is 2. The van der Waals surface area contributed by atoms with Crippen molar-refractivity contribution < 1.29 is 9.53 Å². The van der Waals surface area contributed by atoms with E-state index in [1.54, 1.807) is 7.11 Å². The molecule has 0 aromatic rings. The highest BCUT2D eigenvalue weighted by molar-refractivity contribution is 5.83. The zero-order chi connectivity index (χ0) is 13.9. The molecule has 1 aliphatic heterocycles. The summed E-state index contributed by atoms with van der Waals surface area (Å²) in [7, 11) is 1.68. The maximum absolute atomic E-state index is 12.6. The van der Waals surface area contributed by atoms with E-state index in [1.165, 1.54) is 12.8 Å². The second-order valence-electron chi connectivity index (χ2n) is 7.05. The third kappa shape index (κ3) is 3.48. The van der Waals surface area contributed by atoms with Gasteiger partial charge in [0.2, 0.25) is 5.91 Å². The van der Waals surface area contributed by atoms with E-state index in [-0.39, 0.29) is 11.3 Å². The summed E-state index contributed by atoms with van der Waals surface area (Å²) < 4.78 is 5.27. The van der Waals surface area contributed by atoms with E-state index >= 15 is 0 Å². The summed E-state index contributed by atoms with van der Waals surface area (Å²) in [5, 5.41) is 6.55. The van der Waals surface area contributed by atoms with Gasteiger partial charge in [0.15, 0.2) is 0 Å². The summed E-state index contributed by atoms with van der Waals surface area (Å²) in [6, 6.07) is 0.356. The third-order valence-electron chi connectivity index (χ3n) is 4.82. The van der Waals surface area contributed by atoms with Crippen LogP contribution in [0, 0.1) is 10.8 Å². The van der Waals surface area contributed by atoms with Gasteiger partial charge in [0.05, 0.1) is 12.0 Å². The first-order valence-electron chi connectivity index (χ1n) is 7.48. The van der Waals surface area contributed by atoms with Gasteiger partial charge in [0, 0.05) is 19.7 Å². The predicted molar refractivity (Wildman–Crippen MR) is 76.0 cm³/mol. The first-order chi connectivity index (χ1) is 8.97. The Labute approximate surface area is 116 Å². The number of hydrogen-bond donors (Lipinski definition) is 2. The molecule has 2 rings (SSSR count). The number of carbonyl (C=O) groups is 1. The van der Waals surface area contributed by atoms with Crippen molar-refractivity contribution in [1.29, 1.82) is 0 Å². The van der Waals surface area contributed by atoms with Gasteiger partial charge in [-0.25, -0.2) is 0 Å². The molecule has 0 aromatic heterocycles. The topological polar surface area (TPSA) is 50.4 Å². The normalized spacial score (nSPS) is 31.3. The van der Waals surface area contributed by atoms with Gasteiger partial charge in [-0.05, 0) is 44.1 Å². The summed E-state index contributed by atoms with van der Waals surface area (Å²) in [6.07, 6.45) is 5.50. The van der Waals surface area contributed by atoms with Gasteiger partial charge in [0.1, 0.15) is 0 Å². The lowest BCUT2D eigenvalue weighted by Gasteiger charge is -2.36. The van der Waals surface area contributed by atoms with Crippen LogP contribution < -0.4 is 10.6 Å². The summed E-state index contributed by atoms with van der Waals surface area (Å²) in [5.74, 6) is 0.184. The van der Waals surface area contributed by atoms with Crippen molar-refractivity contribution in [3.63, 3.8) is 0 Å². The minimum Gasteiger partial charge on any atom is -0.384 e. The number of rotatable bonds is 4. The minimum absolute atomic E-state index is 0.184. The average molecular weight is 268 g/mol. The molecule has 0 spiro atoms. The van der Waals surface area contributed by atoms with Gasteiger partial charge in [-0.1, -0.05) is 13.8 Å². The third-order valence-corrected chi connectivity index (χ3v) is 4.82. The van der Waals surface area contributed by atoms with Gasteiger partial charge < -0.3 is 15.4 Å². The maximum atomic E-state index is 12.6. The highest BCUT2D eigenvalue weighted by Crippen LogP contribution is 2.35. The van der Waals surface area contributed by atoms with Crippen LogP contribution in [0.15, 0.2) is 0 Å². The number of hydrogen-bond acceptors (Lipinski definition) is 3. The quantitative estimate of drug-likeness (QED) is 0.816.